The lowest BCUT2D eigenvalue weighted by Crippen LogP contribution is -2.57. The topological polar surface area (TPSA) is 64.7 Å². The van der Waals surface area contributed by atoms with E-state index in [1.165, 1.54) is 0 Å². The summed E-state index contributed by atoms with van der Waals surface area (Å²) in [4.78, 5) is 29.6. The van der Waals surface area contributed by atoms with Crippen molar-refractivity contribution in [3.05, 3.63) is 84.9 Å². The number of fused-ring (bicyclic) bond motifs is 2. The lowest BCUT2D eigenvalue weighted by atomic mass is 10.1. The van der Waals surface area contributed by atoms with Crippen LogP contribution in [0.1, 0.15) is 6.92 Å². The number of hydrogen-bond acceptors (Lipinski definition) is 2. The molecule has 33 heavy (non-hydrogen) atoms. The highest BCUT2D eigenvalue weighted by molar-refractivity contribution is 6.03. The first-order valence-electron chi connectivity index (χ1n) is 11.2. The molecule has 0 aromatic heterocycles. The molecule has 0 bridgehead atoms. The van der Waals surface area contributed by atoms with Crippen molar-refractivity contribution in [1.82, 2.24) is 9.80 Å². The number of piperazine rings is 1. The summed E-state index contributed by atoms with van der Waals surface area (Å²) < 4.78 is 0. The van der Waals surface area contributed by atoms with Crippen molar-refractivity contribution in [3.63, 3.8) is 0 Å². The van der Waals surface area contributed by atoms with Gasteiger partial charge in [-0.2, -0.15) is 0 Å². The Labute approximate surface area is 192 Å². The predicted molar refractivity (Wildman–Crippen MR) is 134 cm³/mol. The van der Waals surface area contributed by atoms with Gasteiger partial charge < -0.3 is 20.4 Å². The highest BCUT2D eigenvalue weighted by Crippen LogP contribution is 2.25. The van der Waals surface area contributed by atoms with Gasteiger partial charge in [0.1, 0.15) is 0 Å². The van der Waals surface area contributed by atoms with Gasteiger partial charge in [0.25, 0.3) is 0 Å². The lowest BCUT2D eigenvalue weighted by Gasteiger charge is -2.39. The third kappa shape index (κ3) is 4.20. The van der Waals surface area contributed by atoms with Crippen LogP contribution in [0.5, 0.6) is 0 Å². The molecule has 4 aromatic rings. The molecule has 0 radical (unpaired) electrons. The highest BCUT2D eigenvalue weighted by atomic mass is 16.2. The summed E-state index contributed by atoms with van der Waals surface area (Å²) in [7, 11) is 0. The third-order valence-corrected chi connectivity index (χ3v) is 6.24. The summed E-state index contributed by atoms with van der Waals surface area (Å²) >= 11 is 0. The molecule has 0 aliphatic carbocycles. The predicted octanol–water partition coefficient (Wildman–Crippen LogP) is 5.76. The van der Waals surface area contributed by atoms with Crippen molar-refractivity contribution in [2.24, 2.45) is 0 Å². The van der Waals surface area contributed by atoms with Crippen molar-refractivity contribution in [1.29, 1.82) is 0 Å². The molecule has 1 aliphatic heterocycles. The first-order chi connectivity index (χ1) is 16.1. The molecule has 0 saturated carbocycles. The summed E-state index contributed by atoms with van der Waals surface area (Å²) in [6.45, 7) is 3.39. The summed E-state index contributed by atoms with van der Waals surface area (Å²) in [6, 6.07) is 27.3. The van der Waals surface area contributed by atoms with Gasteiger partial charge in [-0.3, -0.25) is 0 Å². The number of hydrogen-bond donors (Lipinski definition) is 2. The highest BCUT2D eigenvalue weighted by Gasteiger charge is 2.30. The van der Waals surface area contributed by atoms with Crippen molar-refractivity contribution < 1.29 is 9.59 Å². The van der Waals surface area contributed by atoms with Gasteiger partial charge in [0, 0.05) is 36.4 Å². The van der Waals surface area contributed by atoms with Gasteiger partial charge in [-0.1, -0.05) is 72.8 Å². The smallest absolute Gasteiger partial charge is 0.321 e. The Hall–Kier alpha value is -4.06. The number of benzene rings is 4. The van der Waals surface area contributed by atoms with Crippen LogP contribution in [0, 0.1) is 0 Å². The summed E-state index contributed by atoms with van der Waals surface area (Å²) in [5, 5.41) is 10.3. The van der Waals surface area contributed by atoms with E-state index in [4.69, 9.17) is 0 Å². The molecule has 1 fully saturated rings. The van der Waals surface area contributed by atoms with Gasteiger partial charge in [0.15, 0.2) is 0 Å². The van der Waals surface area contributed by atoms with Crippen LogP contribution in [0.4, 0.5) is 21.0 Å². The fraction of sp³-hybridized carbons (Fsp3) is 0.185. The Balaban J connectivity index is 1.25. The van der Waals surface area contributed by atoms with Gasteiger partial charge in [-0.25, -0.2) is 9.59 Å². The average Bonchev–Trinajstić information content (AvgIpc) is 2.84. The normalized spacial score (nSPS) is 16.1. The van der Waals surface area contributed by atoms with Crippen molar-refractivity contribution in [3.8, 4) is 0 Å². The molecule has 1 heterocycles. The number of amides is 4. The standard InChI is InChI=1S/C27H26N4O2/c1-19-18-30(26(32)28-24-14-6-10-20-8-2-4-12-22(20)24)16-17-31(19)27(33)29-25-15-7-11-21-9-3-5-13-23(21)25/h2-15,19H,16-18H2,1H3,(H,28,32)(H,29,33). The van der Waals surface area contributed by atoms with Gasteiger partial charge in [-0.05, 0) is 29.8 Å². The van der Waals surface area contributed by atoms with Gasteiger partial charge in [0.2, 0.25) is 0 Å². The largest absolute Gasteiger partial charge is 0.322 e. The maximum Gasteiger partial charge on any atom is 0.322 e. The summed E-state index contributed by atoms with van der Waals surface area (Å²) in [6.07, 6.45) is 0. The maximum atomic E-state index is 13.0. The van der Waals surface area contributed by atoms with Crippen LogP contribution in [-0.4, -0.2) is 47.5 Å². The van der Waals surface area contributed by atoms with Crippen molar-refractivity contribution >= 4 is 45.0 Å². The van der Waals surface area contributed by atoms with Crippen LogP contribution in [0.3, 0.4) is 0 Å². The number of carbonyl (C=O) groups excluding carboxylic acids is 2. The van der Waals surface area contributed by atoms with E-state index in [2.05, 4.69) is 10.6 Å². The summed E-state index contributed by atoms with van der Waals surface area (Å²) in [5.74, 6) is 0. The Morgan fingerprint density at radius 1 is 0.697 bits per heavy atom. The zero-order valence-electron chi connectivity index (χ0n) is 18.5. The summed E-state index contributed by atoms with van der Waals surface area (Å²) in [5.41, 5.74) is 1.59. The van der Waals surface area contributed by atoms with E-state index in [0.29, 0.717) is 19.6 Å². The van der Waals surface area contributed by atoms with Crippen LogP contribution in [0.2, 0.25) is 0 Å². The minimum atomic E-state index is -0.146. The molecule has 6 nitrogen and oxygen atoms in total. The van der Waals surface area contributed by atoms with Gasteiger partial charge in [0.05, 0.1) is 11.4 Å². The number of carbonyl (C=O) groups is 2. The minimum absolute atomic E-state index is 0.105. The van der Waals surface area contributed by atoms with Crippen molar-refractivity contribution in [2.75, 3.05) is 30.3 Å². The lowest BCUT2D eigenvalue weighted by molar-refractivity contribution is 0.124. The third-order valence-electron chi connectivity index (χ3n) is 6.24. The molecule has 1 atom stereocenters. The van der Waals surface area contributed by atoms with E-state index in [1.54, 1.807) is 9.80 Å². The van der Waals surface area contributed by atoms with E-state index in [1.807, 2.05) is 91.9 Å². The Morgan fingerprint density at radius 2 is 1.21 bits per heavy atom. The molecule has 0 spiro atoms. The molecule has 1 aliphatic rings. The number of nitrogens with one attached hydrogen (secondary N) is 2. The second-order valence-electron chi connectivity index (χ2n) is 8.40. The number of anilines is 2. The fourth-order valence-electron chi connectivity index (χ4n) is 4.49. The fourth-order valence-corrected chi connectivity index (χ4v) is 4.49. The average molecular weight is 439 g/mol. The van der Waals surface area contributed by atoms with E-state index in [-0.39, 0.29) is 18.1 Å². The Kier molecular flexibility index (Phi) is 5.57. The van der Waals surface area contributed by atoms with Crippen LogP contribution in [0.25, 0.3) is 21.5 Å². The van der Waals surface area contributed by atoms with Gasteiger partial charge in [-0.15, -0.1) is 0 Å². The maximum absolute atomic E-state index is 13.0. The van der Waals surface area contributed by atoms with Gasteiger partial charge >= 0.3 is 12.1 Å². The molecule has 166 valence electrons. The zero-order chi connectivity index (χ0) is 22.8. The van der Waals surface area contributed by atoms with Crippen LogP contribution in [-0.2, 0) is 0 Å². The molecule has 1 saturated heterocycles. The molecule has 2 N–H and O–H groups in total. The molecule has 4 aromatic carbocycles. The molecule has 5 rings (SSSR count). The molecule has 4 amide bonds. The molecular weight excluding hydrogens is 412 g/mol. The van der Waals surface area contributed by atoms with E-state index in [9.17, 15) is 9.59 Å². The number of urea groups is 2. The minimum Gasteiger partial charge on any atom is -0.321 e. The first-order valence-corrected chi connectivity index (χ1v) is 11.2. The van der Waals surface area contributed by atoms with Crippen LogP contribution < -0.4 is 10.6 Å². The number of rotatable bonds is 2. The first kappa shape index (κ1) is 20.8. The van der Waals surface area contributed by atoms with Crippen LogP contribution in [0.15, 0.2) is 84.9 Å². The second-order valence-corrected chi connectivity index (χ2v) is 8.40. The van der Waals surface area contributed by atoms with E-state index >= 15 is 0 Å². The van der Waals surface area contributed by atoms with E-state index < -0.39 is 0 Å². The molecular formula is C27H26N4O2. The second kappa shape index (κ2) is 8.82. The molecule has 6 heteroatoms. The quantitative estimate of drug-likeness (QED) is 0.418. The Bertz CT molecular complexity index is 1330. The zero-order valence-corrected chi connectivity index (χ0v) is 18.5. The van der Waals surface area contributed by atoms with Crippen LogP contribution >= 0.6 is 0 Å². The molecule has 1 unspecified atom stereocenters. The Morgan fingerprint density at radius 3 is 1.79 bits per heavy atom. The monoisotopic (exact) mass is 438 g/mol. The van der Waals surface area contributed by atoms with Crippen molar-refractivity contribution in [2.45, 2.75) is 13.0 Å². The SMILES string of the molecule is CC1CN(C(=O)Nc2cccc3ccccc23)CCN1C(=O)Nc1cccc2ccccc12. The number of nitrogens with zero attached hydrogens (tertiary/aromatic N) is 2. The van der Waals surface area contributed by atoms with E-state index in [0.717, 1.165) is 32.9 Å².